The Morgan fingerprint density at radius 3 is 2.00 bits per heavy atom. The zero-order chi connectivity index (χ0) is 8.15. The molecule has 0 spiro atoms. The lowest BCUT2D eigenvalue weighted by Crippen LogP contribution is -2.28. The molecular formula is C8H19NO. The minimum Gasteiger partial charge on any atom is -0.391 e. The molecule has 1 heterocycles. The molecule has 0 aromatic rings. The van der Waals surface area contributed by atoms with Gasteiger partial charge in [-0.05, 0) is 20.4 Å². The second-order valence-electron chi connectivity index (χ2n) is 2.58. The van der Waals surface area contributed by atoms with Gasteiger partial charge >= 0.3 is 0 Å². The predicted molar refractivity (Wildman–Crippen MR) is 44.1 cm³/mol. The molecule has 0 radical (unpaired) electrons. The minimum absolute atomic E-state index is 0.0833. The van der Waals surface area contributed by atoms with Crippen LogP contribution in [0.25, 0.3) is 0 Å². The van der Waals surface area contributed by atoms with Crippen LogP contribution in [0.1, 0.15) is 27.2 Å². The topological polar surface area (TPSA) is 23.5 Å². The smallest absolute Gasteiger partial charge is 0.0704 e. The summed E-state index contributed by atoms with van der Waals surface area (Å²) < 4.78 is 0. The molecule has 1 rings (SSSR count). The summed E-state index contributed by atoms with van der Waals surface area (Å²) >= 11 is 0. The first-order chi connectivity index (χ1) is 4.72. The van der Waals surface area contributed by atoms with Gasteiger partial charge in [0.15, 0.2) is 0 Å². The molecule has 2 unspecified atom stereocenters. The fourth-order valence-corrected chi connectivity index (χ4v) is 1.07. The quantitative estimate of drug-likeness (QED) is 0.551. The standard InChI is InChI=1S/C6H13NO.C2H6/c1-5-6(8)3-4-7(5)2;1-2/h5-6,8H,3-4H2,1-2H3;1-2H3. The van der Waals surface area contributed by atoms with Crippen molar-refractivity contribution in [3.8, 4) is 0 Å². The zero-order valence-electron chi connectivity index (χ0n) is 7.46. The fraction of sp³-hybridized carbons (Fsp3) is 1.00. The van der Waals surface area contributed by atoms with Crippen molar-refractivity contribution in [1.29, 1.82) is 0 Å². The number of aliphatic hydroxyl groups is 1. The summed E-state index contributed by atoms with van der Waals surface area (Å²) in [5.74, 6) is 0. The third kappa shape index (κ3) is 2.27. The highest BCUT2D eigenvalue weighted by Crippen LogP contribution is 2.13. The summed E-state index contributed by atoms with van der Waals surface area (Å²) in [5, 5.41) is 9.13. The molecule has 0 aromatic heterocycles. The third-order valence-corrected chi connectivity index (χ3v) is 2.03. The van der Waals surface area contributed by atoms with E-state index in [1.807, 2.05) is 20.9 Å². The molecule has 0 aliphatic carbocycles. The Hall–Kier alpha value is -0.0800. The van der Waals surface area contributed by atoms with Gasteiger partial charge in [-0.1, -0.05) is 13.8 Å². The van der Waals surface area contributed by atoms with E-state index >= 15 is 0 Å². The maximum atomic E-state index is 9.13. The number of aliphatic hydroxyl groups excluding tert-OH is 1. The molecule has 1 saturated heterocycles. The van der Waals surface area contributed by atoms with Crippen LogP contribution in [-0.2, 0) is 0 Å². The van der Waals surface area contributed by atoms with Crippen LogP contribution in [0.5, 0.6) is 0 Å². The lowest BCUT2D eigenvalue weighted by atomic mass is 10.2. The average molecular weight is 145 g/mol. The first-order valence-corrected chi connectivity index (χ1v) is 4.10. The summed E-state index contributed by atoms with van der Waals surface area (Å²) in [6.45, 7) is 7.10. The van der Waals surface area contributed by atoms with Crippen molar-refractivity contribution in [2.24, 2.45) is 0 Å². The van der Waals surface area contributed by atoms with E-state index in [4.69, 9.17) is 5.11 Å². The Morgan fingerprint density at radius 1 is 1.40 bits per heavy atom. The van der Waals surface area contributed by atoms with Crippen molar-refractivity contribution in [3.63, 3.8) is 0 Å². The summed E-state index contributed by atoms with van der Waals surface area (Å²) in [7, 11) is 2.04. The van der Waals surface area contributed by atoms with Gasteiger partial charge < -0.3 is 10.0 Å². The van der Waals surface area contributed by atoms with E-state index in [2.05, 4.69) is 11.8 Å². The van der Waals surface area contributed by atoms with Gasteiger partial charge in [0, 0.05) is 12.6 Å². The Kier molecular flexibility index (Phi) is 4.65. The van der Waals surface area contributed by atoms with Gasteiger partial charge in [0.05, 0.1) is 6.10 Å². The van der Waals surface area contributed by atoms with Crippen LogP contribution in [0.3, 0.4) is 0 Å². The van der Waals surface area contributed by atoms with E-state index in [1.165, 1.54) is 0 Å². The largest absolute Gasteiger partial charge is 0.391 e. The highest BCUT2D eigenvalue weighted by molar-refractivity contribution is 4.80. The summed E-state index contributed by atoms with van der Waals surface area (Å²) in [5.41, 5.74) is 0. The highest BCUT2D eigenvalue weighted by Gasteiger charge is 2.25. The van der Waals surface area contributed by atoms with E-state index in [9.17, 15) is 0 Å². The Labute approximate surface area is 63.8 Å². The van der Waals surface area contributed by atoms with Crippen LogP contribution in [0.15, 0.2) is 0 Å². The zero-order valence-corrected chi connectivity index (χ0v) is 7.46. The molecule has 0 amide bonds. The number of nitrogens with zero attached hydrogens (tertiary/aromatic N) is 1. The summed E-state index contributed by atoms with van der Waals surface area (Å²) in [6.07, 6.45) is 0.859. The van der Waals surface area contributed by atoms with Crippen molar-refractivity contribution < 1.29 is 5.11 Å². The number of hydrogen-bond donors (Lipinski definition) is 1. The lowest BCUT2D eigenvalue weighted by Gasteiger charge is -2.15. The third-order valence-electron chi connectivity index (χ3n) is 2.03. The minimum atomic E-state index is -0.0833. The van der Waals surface area contributed by atoms with Crippen LogP contribution in [0.2, 0.25) is 0 Å². The molecular weight excluding hydrogens is 126 g/mol. The molecule has 1 aliphatic heterocycles. The van der Waals surface area contributed by atoms with Gasteiger partial charge in [0.25, 0.3) is 0 Å². The second kappa shape index (κ2) is 4.69. The van der Waals surface area contributed by atoms with Gasteiger partial charge in [-0.25, -0.2) is 0 Å². The van der Waals surface area contributed by atoms with Gasteiger partial charge in [0.2, 0.25) is 0 Å². The molecule has 2 atom stereocenters. The number of hydrogen-bond acceptors (Lipinski definition) is 2. The number of likely N-dealkylation sites (tertiary alicyclic amines) is 1. The average Bonchev–Trinajstić information content (AvgIpc) is 2.25. The lowest BCUT2D eigenvalue weighted by molar-refractivity contribution is 0.137. The summed E-state index contributed by atoms with van der Waals surface area (Å²) in [6, 6.07) is 0.370. The van der Waals surface area contributed by atoms with Crippen LogP contribution < -0.4 is 0 Å². The van der Waals surface area contributed by atoms with Crippen LogP contribution in [-0.4, -0.2) is 35.7 Å². The fourth-order valence-electron chi connectivity index (χ4n) is 1.07. The summed E-state index contributed by atoms with van der Waals surface area (Å²) in [4.78, 5) is 2.17. The molecule has 0 saturated carbocycles. The van der Waals surface area contributed by atoms with Gasteiger partial charge in [0.1, 0.15) is 0 Å². The van der Waals surface area contributed by atoms with E-state index in [1.54, 1.807) is 0 Å². The van der Waals surface area contributed by atoms with Crippen molar-refractivity contribution >= 4 is 0 Å². The number of rotatable bonds is 0. The molecule has 0 bridgehead atoms. The van der Waals surface area contributed by atoms with E-state index in [-0.39, 0.29) is 6.10 Å². The molecule has 2 nitrogen and oxygen atoms in total. The second-order valence-corrected chi connectivity index (χ2v) is 2.58. The van der Waals surface area contributed by atoms with Crippen LogP contribution >= 0.6 is 0 Å². The normalized spacial score (nSPS) is 33.3. The SMILES string of the molecule is CC.CC1C(O)CCN1C. The van der Waals surface area contributed by atoms with Crippen LogP contribution in [0, 0.1) is 0 Å². The van der Waals surface area contributed by atoms with Gasteiger partial charge in [-0.15, -0.1) is 0 Å². The van der Waals surface area contributed by atoms with E-state index in [0.717, 1.165) is 13.0 Å². The van der Waals surface area contributed by atoms with Crippen LogP contribution in [0.4, 0.5) is 0 Å². The first kappa shape index (κ1) is 9.92. The maximum absolute atomic E-state index is 9.13. The van der Waals surface area contributed by atoms with Crippen molar-refractivity contribution in [2.75, 3.05) is 13.6 Å². The van der Waals surface area contributed by atoms with Crippen molar-refractivity contribution in [3.05, 3.63) is 0 Å². The number of likely N-dealkylation sites (N-methyl/N-ethyl adjacent to an activating group) is 1. The Bertz CT molecular complexity index is 75.3. The highest BCUT2D eigenvalue weighted by atomic mass is 16.3. The Balaban J connectivity index is 0.000000371. The molecule has 2 heteroatoms. The van der Waals surface area contributed by atoms with Crippen molar-refractivity contribution in [2.45, 2.75) is 39.3 Å². The first-order valence-electron chi connectivity index (χ1n) is 4.10. The van der Waals surface area contributed by atoms with Gasteiger partial charge in [-0.2, -0.15) is 0 Å². The van der Waals surface area contributed by atoms with Crippen molar-refractivity contribution in [1.82, 2.24) is 4.90 Å². The van der Waals surface area contributed by atoms with Gasteiger partial charge in [-0.3, -0.25) is 0 Å². The molecule has 62 valence electrons. The molecule has 10 heavy (non-hydrogen) atoms. The Morgan fingerprint density at radius 2 is 1.90 bits per heavy atom. The maximum Gasteiger partial charge on any atom is 0.0704 e. The van der Waals surface area contributed by atoms with E-state index < -0.39 is 0 Å². The monoisotopic (exact) mass is 145 g/mol. The molecule has 0 aromatic carbocycles. The van der Waals surface area contributed by atoms with E-state index in [0.29, 0.717) is 6.04 Å². The molecule has 1 N–H and O–H groups in total. The molecule has 1 aliphatic rings. The predicted octanol–water partition coefficient (Wildman–Crippen LogP) is 1.10. The molecule has 1 fully saturated rings.